The monoisotopic (exact) mass is 178 g/mol. The molecular formula is C6H14N2O4. The minimum absolute atomic E-state index is 0.0213. The Bertz CT molecular complexity index is 148. The number of primary amides is 1. The van der Waals surface area contributed by atoms with Crippen LogP contribution in [0, 0.1) is 0 Å². The molecule has 0 fully saturated rings. The quantitative estimate of drug-likeness (QED) is 0.407. The average molecular weight is 178 g/mol. The van der Waals surface area contributed by atoms with Gasteiger partial charge in [-0.2, -0.15) is 0 Å². The maximum absolute atomic E-state index is 10.1. The van der Waals surface area contributed by atoms with Crippen LogP contribution in [0.2, 0.25) is 0 Å². The molecule has 1 atom stereocenters. The first-order valence-corrected chi connectivity index (χ1v) is 3.25. The summed E-state index contributed by atoms with van der Waals surface area (Å²) in [6.45, 7) is 0. The van der Waals surface area contributed by atoms with Gasteiger partial charge in [-0.1, -0.05) is 0 Å². The second-order valence-electron chi connectivity index (χ2n) is 1.95. The fourth-order valence-corrected chi connectivity index (χ4v) is 0.421. The summed E-state index contributed by atoms with van der Waals surface area (Å²) in [5.74, 6) is -1.64. The topological polar surface area (TPSA) is 127 Å². The molecule has 0 rings (SSSR count). The van der Waals surface area contributed by atoms with Crippen molar-refractivity contribution >= 4 is 11.9 Å². The third kappa shape index (κ3) is 8.86. The van der Waals surface area contributed by atoms with Crippen LogP contribution < -0.4 is 11.5 Å². The molecule has 0 aromatic carbocycles. The van der Waals surface area contributed by atoms with Crippen LogP contribution >= 0.6 is 0 Å². The van der Waals surface area contributed by atoms with Gasteiger partial charge in [0.2, 0.25) is 5.91 Å². The molecule has 1 amide bonds. The van der Waals surface area contributed by atoms with Crippen LogP contribution in [0.25, 0.3) is 0 Å². The number of aliphatic hydroxyl groups is 1. The average Bonchev–Trinajstić information content (AvgIpc) is 2.03. The van der Waals surface area contributed by atoms with E-state index in [4.69, 9.17) is 21.7 Å². The summed E-state index contributed by atoms with van der Waals surface area (Å²) in [7, 11) is 1.00. The zero-order valence-corrected chi connectivity index (χ0v) is 6.86. The van der Waals surface area contributed by atoms with Crippen molar-refractivity contribution in [1.82, 2.24) is 0 Å². The molecule has 0 spiro atoms. The largest absolute Gasteiger partial charge is 0.480 e. The second-order valence-corrected chi connectivity index (χ2v) is 1.95. The number of aliphatic hydroxyl groups excluding tert-OH is 1. The van der Waals surface area contributed by atoms with Gasteiger partial charge in [0, 0.05) is 13.5 Å². The van der Waals surface area contributed by atoms with E-state index in [1.54, 1.807) is 0 Å². The van der Waals surface area contributed by atoms with Crippen molar-refractivity contribution in [2.75, 3.05) is 7.11 Å². The lowest BCUT2D eigenvalue weighted by molar-refractivity contribution is -0.138. The van der Waals surface area contributed by atoms with E-state index in [9.17, 15) is 9.59 Å². The number of carboxylic acid groups (broad SMARTS) is 1. The Morgan fingerprint density at radius 3 is 2.08 bits per heavy atom. The van der Waals surface area contributed by atoms with Gasteiger partial charge in [0.05, 0.1) is 0 Å². The molecule has 0 aromatic rings. The van der Waals surface area contributed by atoms with Gasteiger partial charge in [-0.05, 0) is 6.42 Å². The van der Waals surface area contributed by atoms with Gasteiger partial charge in [-0.15, -0.1) is 0 Å². The van der Waals surface area contributed by atoms with Crippen molar-refractivity contribution in [3.63, 3.8) is 0 Å². The Hall–Kier alpha value is -1.14. The number of carbonyl (C=O) groups excluding carboxylic acids is 1. The summed E-state index contributed by atoms with van der Waals surface area (Å²) < 4.78 is 0. The third-order valence-corrected chi connectivity index (χ3v) is 1.02. The molecule has 6 heteroatoms. The number of hydrogen-bond acceptors (Lipinski definition) is 4. The molecule has 0 aromatic heterocycles. The highest BCUT2D eigenvalue weighted by atomic mass is 16.4. The van der Waals surface area contributed by atoms with Gasteiger partial charge in [-0.3, -0.25) is 9.59 Å². The van der Waals surface area contributed by atoms with Crippen molar-refractivity contribution in [3.05, 3.63) is 0 Å². The first kappa shape index (κ1) is 13.4. The number of rotatable bonds is 4. The predicted octanol–water partition coefficient (Wildman–Crippen LogP) is -1.73. The molecule has 6 N–H and O–H groups in total. The Balaban J connectivity index is 0. The predicted molar refractivity (Wildman–Crippen MR) is 42.2 cm³/mol. The molecule has 0 saturated heterocycles. The van der Waals surface area contributed by atoms with Crippen LogP contribution in [0.4, 0.5) is 0 Å². The molecule has 72 valence electrons. The van der Waals surface area contributed by atoms with E-state index in [1.807, 2.05) is 0 Å². The highest BCUT2D eigenvalue weighted by Crippen LogP contribution is 1.92. The van der Waals surface area contributed by atoms with Gasteiger partial charge < -0.3 is 21.7 Å². The normalized spacial score (nSPS) is 10.9. The van der Waals surface area contributed by atoms with Crippen LogP contribution in [0.5, 0.6) is 0 Å². The molecule has 0 heterocycles. The van der Waals surface area contributed by atoms with E-state index in [0.717, 1.165) is 7.11 Å². The first-order valence-electron chi connectivity index (χ1n) is 3.25. The maximum atomic E-state index is 10.1. The van der Waals surface area contributed by atoms with Gasteiger partial charge in [0.15, 0.2) is 0 Å². The van der Waals surface area contributed by atoms with E-state index < -0.39 is 17.9 Å². The lowest BCUT2D eigenvalue weighted by Crippen LogP contribution is -2.31. The fourth-order valence-electron chi connectivity index (χ4n) is 0.421. The zero-order valence-electron chi connectivity index (χ0n) is 6.86. The van der Waals surface area contributed by atoms with Crippen LogP contribution in [0.15, 0.2) is 0 Å². The molecule has 0 aliphatic carbocycles. The number of carboxylic acids is 1. The molecule has 0 bridgehead atoms. The lowest BCUT2D eigenvalue weighted by atomic mass is 10.2. The Kier molecular flexibility index (Phi) is 8.92. The maximum Gasteiger partial charge on any atom is 0.320 e. The van der Waals surface area contributed by atoms with E-state index in [2.05, 4.69) is 0 Å². The summed E-state index contributed by atoms with van der Waals surface area (Å²) in [4.78, 5) is 20.1. The summed E-state index contributed by atoms with van der Waals surface area (Å²) in [6, 6.07) is -0.979. The number of amides is 1. The molecule has 0 aliphatic rings. The molecule has 12 heavy (non-hydrogen) atoms. The minimum atomic E-state index is -1.11. The first-order chi connectivity index (χ1) is 5.54. The van der Waals surface area contributed by atoms with Crippen molar-refractivity contribution in [3.8, 4) is 0 Å². The number of hydrogen-bond donors (Lipinski definition) is 4. The van der Waals surface area contributed by atoms with Gasteiger partial charge in [-0.25, -0.2) is 0 Å². The van der Waals surface area contributed by atoms with Crippen molar-refractivity contribution in [2.45, 2.75) is 18.9 Å². The van der Waals surface area contributed by atoms with E-state index >= 15 is 0 Å². The zero-order chi connectivity index (χ0) is 10.1. The lowest BCUT2D eigenvalue weighted by Gasteiger charge is -2.01. The second kappa shape index (κ2) is 7.96. The SMILES string of the molecule is CO.NC(=O)CCC(N)C(=O)O. The summed E-state index contributed by atoms with van der Waals surface area (Å²) >= 11 is 0. The number of aliphatic carboxylic acids is 1. The smallest absolute Gasteiger partial charge is 0.320 e. The van der Waals surface area contributed by atoms with Crippen LogP contribution in [0.3, 0.4) is 0 Å². The molecule has 6 nitrogen and oxygen atoms in total. The molecule has 1 unspecified atom stereocenters. The van der Waals surface area contributed by atoms with E-state index in [1.165, 1.54) is 0 Å². The minimum Gasteiger partial charge on any atom is -0.480 e. The number of carbonyl (C=O) groups is 2. The fraction of sp³-hybridized carbons (Fsp3) is 0.667. The van der Waals surface area contributed by atoms with Crippen LogP contribution in [0.1, 0.15) is 12.8 Å². The van der Waals surface area contributed by atoms with Crippen LogP contribution in [-0.4, -0.2) is 35.2 Å². The highest BCUT2D eigenvalue weighted by molar-refractivity contribution is 5.76. The Morgan fingerprint density at radius 2 is 1.83 bits per heavy atom. The van der Waals surface area contributed by atoms with Crippen molar-refractivity contribution in [2.24, 2.45) is 11.5 Å². The van der Waals surface area contributed by atoms with Crippen molar-refractivity contribution < 1.29 is 19.8 Å². The third-order valence-electron chi connectivity index (χ3n) is 1.02. The van der Waals surface area contributed by atoms with Gasteiger partial charge >= 0.3 is 5.97 Å². The molecular weight excluding hydrogens is 164 g/mol. The Morgan fingerprint density at radius 1 is 1.42 bits per heavy atom. The summed E-state index contributed by atoms with van der Waals surface area (Å²) in [5, 5.41) is 15.2. The van der Waals surface area contributed by atoms with Gasteiger partial charge in [0.1, 0.15) is 6.04 Å². The number of nitrogens with two attached hydrogens (primary N) is 2. The molecule has 0 radical (unpaired) electrons. The highest BCUT2D eigenvalue weighted by Gasteiger charge is 2.11. The van der Waals surface area contributed by atoms with Crippen molar-refractivity contribution in [1.29, 1.82) is 0 Å². The summed E-state index contributed by atoms with van der Waals surface area (Å²) in [6.07, 6.45) is 0.123. The van der Waals surface area contributed by atoms with E-state index in [0.29, 0.717) is 0 Å². The summed E-state index contributed by atoms with van der Waals surface area (Å²) in [5.41, 5.74) is 9.81. The van der Waals surface area contributed by atoms with Crippen LogP contribution in [-0.2, 0) is 9.59 Å². The van der Waals surface area contributed by atoms with E-state index in [-0.39, 0.29) is 12.8 Å². The standard InChI is InChI=1S/C5H10N2O3.CH4O/c6-3(5(9)10)1-2-4(7)8;1-2/h3H,1-2,6H2,(H2,7,8)(H,9,10);2H,1H3. The van der Waals surface area contributed by atoms with Gasteiger partial charge in [0.25, 0.3) is 0 Å². The Labute approximate surface area is 70.2 Å². The molecule has 0 saturated carbocycles. The molecule has 0 aliphatic heterocycles.